The van der Waals surface area contributed by atoms with Gasteiger partial charge in [0.05, 0.1) is 10.0 Å². The van der Waals surface area contributed by atoms with E-state index in [1.807, 2.05) is 13.0 Å². The van der Waals surface area contributed by atoms with Gasteiger partial charge in [0.1, 0.15) is 0 Å². The zero-order valence-corrected chi connectivity index (χ0v) is 9.49. The second-order valence-electron chi connectivity index (χ2n) is 3.07. The van der Waals surface area contributed by atoms with Crippen molar-refractivity contribution < 1.29 is 4.79 Å². The summed E-state index contributed by atoms with van der Waals surface area (Å²) in [5, 5.41) is 1.02. The summed E-state index contributed by atoms with van der Waals surface area (Å²) in [7, 11) is 0. The van der Waals surface area contributed by atoms with Crippen molar-refractivity contribution in [3.63, 3.8) is 0 Å². The van der Waals surface area contributed by atoms with E-state index in [1.54, 1.807) is 18.2 Å². The predicted octanol–water partition coefficient (Wildman–Crippen LogP) is 3.99. The zero-order valence-electron chi connectivity index (χ0n) is 7.97. The summed E-state index contributed by atoms with van der Waals surface area (Å²) in [6.45, 7) is 3.38. The Kier molecular flexibility index (Phi) is 3.73. The van der Waals surface area contributed by atoms with Crippen LogP contribution in [0.2, 0.25) is 10.0 Å². The van der Waals surface area contributed by atoms with E-state index in [-0.39, 0.29) is 5.78 Å². The fraction of sp³-hybridized carbons (Fsp3) is 0.182. The van der Waals surface area contributed by atoms with Crippen LogP contribution in [-0.4, -0.2) is 5.78 Å². The number of carbonyl (C=O) groups is 1. The molecule has 0 fully saturated rings. The van der Waals surface area contributed by atoms with Crippen LogP contribution in [0.1, 0.15) is 19.4 Å². The summed E-state index contributed by atoms with van der Waals surface area (Å²) >= 11 is 11.6. The van der Waals surface area contributed by atoms with E-state index in [9.17, 15) is 4.79 Å². The van der Waals surface area contributed by atoms with Gasteiger partial charge in [-0.1, -0.05) is 29.3 Å². The van der Waals surface area contributed by atoms with E-state index in [0.29, 0.717) is 10.0 Å². The minimum Gasteiger partial charge on any atom is -0.295 e. The number of hydrogen-bond donors (Lipinski definition) is 0. The minimum atomic E-state index is 0.0218. The molecule has 14 heavy (non-hydrogen) atoms. The number of halogens is 2. The molecule has 1 nitrogen and oxygen atoms in total. The summed E-state index contributed by atoms with van der Waals surface area (Å²) in [6, 6.07) is 5.30. The first-order chi connectivity index (χ1) is 6.50. The third-order valence-corrected chi connectivity index (χ3v) is 2.53. The maximum absolute atomic E-state index is 10.8. The SMILES string of the molecule is CC(=O)C=C(C)c1ccc(Cl)c(Cl)c1. The van der Waals surface area contributed by atoms with Gasteiger partial charge < -0.3 is 0 Å². The highest BCUT2D eigenvalue weighted by Crippen LogP contribution is 2.25. The molecule has 0 amide bonds. The van der Waals surface area contributed by atoms with Crippen LogP contribution in [0.25, 0.3) is 5.57 Å². The topological polar surface area (TPSA) is 17.1 Å². The Hall–Kier alpha value is -0.790. The van der Waals surface area contributed by atoms with E-state index in [2.05, 4.69) is 0 Å². The molecule has 1 aromatic rings. The zero-order chi connectivity index (χ0) is 10.7. The molecule has 0 radical (unpaired) electrons. The molecule has 0 heterocycles. The van der Waals surface area contributed by atoms with Crippen molar-refractivity contribution in [2.24, 2.45) is 0 Å². The Morgan fingerprint density at radius 1 is 1.21 bits per heavy atom. The van der Waals surface area contributed by atoms with Crippen molar-refractivity contribution in [2.75, 3.05) is 0 Å². The summed E-state index contributed by atoms with van der Waals surface area (Å²) in [4.78, 5) is 10.8. The standard InChI is InChI=1S/C11H10Cl2O/c1-7(5-8(2)14)9-3-4-10(12)11(13)6-9/h3-6H,1-2H3. The second-order valence-corrected chi connectivity index (χ2v) is 3.88. The van der Waals surface area contributed by atoms with Gasteiger partial charge in [-0.15, -0.1) is 0 Å². The number of allylic oxidation sites excluding steroid dienone is 2. The van der Waals surface area contributed by atoms with Crippen molar-refractivity contribution in [3.05, 3.63) is 39.9 Å². The molecule has 74 valence electrons. The number of benzene rings is 1. The van der Waals surface area contributed by atoms with Crippen molar-refractivity contribution >= 4 is 34.6 Å². The molecular formula is C11H10Cl2O. The minimum absolute atomic E-state index is 0.0218. The van der Waals surface area contributed by atoms with E-state index < -0.39 is 0 Å². The van der Waals surface area contributed by atoms with Crippen LogP contribution in [0.3, 0.4) is 0 Å². The van der Waals surface area contributed by atoms with E-state index >= 15 is 0 Å². The normalized spacial score (nSPS) is 11.6. The largest absolute Gasteiger partial charge is 0.295 e. The quantitative estimate of drug-likeness (QED) is 0.701. The average Bonchev–Trinajstić information content (AvgIpc) is 2.08. The first kappa shape index (κ1) is 11.3. The summed E-state index contributed by atoms with van der Waals surface area (Å²) in [6.07, 6.45) is 1.57. The molecule has 0 spiro atoms. The summed E-state index contributed by atoms with van der Waals surface area (Å²) < 4.78 is 0. The smallest absolute Gasteiger partial charge is 0.152 e. The van der Waals surface area contributed by atoms with Crippen LogP contribution in [0.4, 0.5) is 0 Å². The van der Waals surface area contributed by atoms with Gasteiger partial charge in [-0.2, -0.15) is 0 Å². The Bertz CT molecular complexity index is 394. The summed E-state index contributed by atoms with van der Waals surface area (Å²) in [5.41, 5.74) is 1.80. The Balaban J connectivity index is 3.09. The van der Waals surface area contributed by atoms with Gasteiger partial charge >= 0.3 is 0 Å². The first-order valence-corrected chi connectivity index (χ1v) is 4.90. The summed E-state index contributed by atoms with van der Waals surface area (Å²) in [5.74, 6) is 0.0218. The molecule has 0 atom stereocenters. The Morgan fingerprint density at radius 2 is 1.86 bits per heavy atom. The molecule has 0 saturated carbocycles. The molecule has 0 bridgehead atoms. The fourth-order valence-corrected chi connectivity index (χ4v) is 1.43. The molecule has 1 aromatic carbocycles. The van der Waals surface area contributed by atoms with Crippen molar-refractivity contribution in [2.45, 2.75) is 13.8 Å². The lowest BCUT2D eigenvalue weighted by Gasteiger charge is -2.02. The van der Waals surface area contributed by atoms with Crippen molar-refractivity contribution in [1.82, 2.24) is 0 Å². The van der Waals surface area contributed by atoms with Crippen LogP contribution in [0.5, 0.6) is 0 Å². The number of ketones is 1. The lowest BCUT2D eigenvalue weighted by molar-refractivity contribution is -0.112. The lowest BCUT2D eigenvalue weighted by Crippen LogP contribution is -1.86. The van der Waals surface area contributed by atoms with Gasteiger partial charge in [0, 0.05) is 0 Å². The van der Waals surface area contributed by atoms with Gasteiger partial charge in [0.15, 0.2) is 5.78 Å². The molecule has 0 N–H and O–H groups in total. The molecule has 3 heteroatoms. The Labute approximate surface area is 93.3 Å². The lowest BCUT2D eigenvalue weighted by atomic mass is 10.1. The van der Waals surface area contributed by atoms with Gasteiger partial charge in [-0.3, -0.25) is 4.79 Å². The van der Waals surface area contributed by atoms with E-state index in [4.69, 9.17) is 23.2 Å². The van der Waals surface area contributed by atoms with Crippen molar-refractivity contribution in [1.29, 1.82) is 0 Å². The van der Waals surface area contributed by atoms with Gasteiger partial charge in [-0.05, 0) is 43.2 Å². The molecule has 0 saturated heterocycles. The fourth-order valence-electron chi connectivity index (χ4n) is 1.13. The Morgan fingerprint density at radius 3 is 2.36 bits per heavy atom. The monoisotopic (exact) mass is 228 g/mol. The number of rotatable bonds is 2. The third-order valence-electron chi connectivity index (χ3n) is 1.79. The molecule has 0 aliphatic carbocycles. The molecule has 0 unspecified atom stereocenters. The molecule has 0 aliphatic rings. The van der Waals surface area contributed by atoms with Gasteiger partial charge in [0.25, 0.3) is 0 Å². The highest BCUT2D eigenvalue weighted by molar-refractivity contribution is 6.42. The van der Waals surface area contributed by atoms with Crippen LogP contribution >= 0.6 is 23.2 Å². The molecule has 0 aliphatic heterocycles. The van der Waals surface area contributed by atoms with E-state index in [0.717, 1.165) is 11.1 Å². The predicted molar refractivity (Wildman–Crippen MR) is 60.8 cm³/mol. The number of carbonyl (C=O) groups excluding carboxylic acids is 1. The van der Waals surface area contributed by atoms with Gasteiger partial charge in [-0.25, -0.2) is 0 Å². The highest BCUT2D eigenvalue weighted by atomic mass is 35.5. The van der Waals surface area contributed by atoms with Crippen LogP contribution < -0.4 is 0 Å². The molecule has 1 rings (SSSR count). The average molecular weight is 229 g/mol. The highest BCUT2D eigenvalue weighted by Gasteiger charge is 2.01. The van der Waals surface area contributed by atoms with Crippen LogP contribution in [-0.2, 0) is 4.79 Å². The number of hydrogen-bond acceptors (Lipinski definition) is 1. The third kappa shape index (κ3) is 2.86. The van der Waals surface area contributed by atoms with Crippen LogP contribution in [0.15, 0.2) is 24.3 Å². The second kappa shape index (κ2) is 4.63. The maximum atomic E-state index is 10.8. The van der Waals surface area contributed by atoms with Gasteiger partial charge in [0.2, 0.25) is 0 Å². The van der Waals surface area contributed by atoms with Crippen LogP contribution in [0, 0.1) is 0 Å². The van der Waals surface area contributed by atoms with E-state index in [1.165, 1.54) is 6.92 Å². The van der Waals surface area contributed by atoms with Crippen molar-refractivity contribution in [3.8, 4) is 0 Å². The molecule has 0 aromatic heterocycles. The maximum Gasteiger partial charge on any atom is 0.152 e. The molecular weight excluding hydrogens is 219 g/mol. The first-order valence-electron chi connectivity index (χ1n) is 4.15.